The van der Waals surface area contributed by atoms with Crippen LogP contribution in [0.1, 0.15) is 20.3 Å². The number of ether oxygens (including phenoxy) is 3. The van der Waals surface area contributed by atoms with Crippen LogP contribution in [0.15, 0.2) is 0 Å². The largest absolute Gasteiger partial charge is 0.508 e. The first-order chi connectivity index (χ1) is 6.20. The van der Waals surface area contributed by atoms with Crippen LogP contribution in [0, 0.1) is 0 Å². The molecule has 0 atom stereocenters. The Morgan fingerprint density at radius 1 is 1.00 bits per heavy atom. The average molecular weight is 190 g/mol. The number of rotatable bonds is 5. The van der Waals surface area contributed by atoms with Gasteiger partial charge in [-0.3, -0.25) is 4.79 Å². The lowest BCUT2D eigenvalue weighted by molar-refractivity contribution is -0.143. The molecule has 0 saturated carbocycles. The molecule has 0 amide bonds. The first-order valence-electron chi connectivity index (χ1n) is 4.15. The monoisotopic (exact) mass is 190 g/mol. The van der Waals surface area contributed by atoms with Crippen LogP contribution in [0.2, 0.25) is 0 Å². The first kappa shape index (κ1) is 11.7. The maximum Gasteiger partial charge on any atom is 0.508 e. The number of esters is 1. The molecule has 0 spiro atoms. The Kier molecular flexibility index (Phi) is 6.68. The predicted octanol–water partition coefficient (Wildman–Crippen LogP) is 1.11. The van der Waals surface area contributed by atoms with Crippen molar-refractivity contribution in [2.45, 2.75) is 20.3 Å². The minimum absolute atomic E-state index is 0.00231. The zero-order valence-electron chi connectivity index (χ0n) is 7.87. The molecule has 0 aromatic heterocycles. The fraction of sp³-hybridized carbons (Fsp3) is 0.750. The Bertz CT molecular complexity index is 148. The molecular formula is C8H14O5. The Balaban J connectivity index is 3.33. The lowest BCUT2D eigenvalue weighted by Gasteiger charge is -2.03. The number of carbonyl (C=O) groups excluding carboxylic acids is 2. The van der Waals surface area contributed by atoms with Crippen molar-refractivity contribution in [3.8, 4) is 0 Å². The molecule has 0 aliphatic carbocycles. The Labute approximate surface area is 77.0 Å². The second-order valence-electron chi connectivity index (χ2n) is 2.09. The Hall–Kier alpha value is -1.26. The van der Waals surface area contributed by atoms with E-state index in [1.165, 1.54) is 0 Å². The van der Waals surface area contributed by atoms with Crippen molar-refractivity contribution in [2.75, 3.05) is 19.8 Å². The van der Waals surface area contributed by atoms with Crippen LogP contribution < -0.4 is 0 Å². The van der Waals surface area contributed by atoms with Crippen LogP contribution in [0.5, 0.6) is 0 Å². The second-order valence-corrected chi connectivity index (χ2v) is 2.09. The first-order valence-corrected chi connectivity index (χ1v) is 4.15. The highest BCUT2D eigenvalue weighted by molar-refractivity contribution is 5.69. The summed E-state index contributed by atoms with van der Waals surface area (Å²) in [6.07, 6.45) is -0.695. The molecule has 0 saturated heterocycles. The van der Waals surface area contributed by atoms with E-state index < -0.39 is 6.16 Å². The van der Waals surface area contributed by atoms with Gasteiger partial charge in [0, 0.05) is 0 Å². The second kappa shape index (κ2) is 7.39. The smallest absolute Gasteiger partial charge is 0.466 e. The van der Waals surface area contributed by atoms with Gasteiger partial charge < -0.3 is 14.2 Å². The lowest BCUT2D eigenvalue weighted by atomic mass is 10.5. The van der Waals surface area contributed by atoms with E-state index in [0.29, 0.717) is 6.61 Å². The van der Waals surface area contributed by atoms with E-state index in [1.54, 1.807) is 13.8 Å². The summed E-state index contributed by atoms with van der Waals surface area (Å²) in [6, 6.07) is 0. The molecule has 0 N–H and O–H groups in total. The van der Waals surface area contributed by atoms with Gasteiger partial charge in [-0.05, 0) is 13.8 Å². The molecule has 0 fully saturated rings. The van der Waals surface area contributed by atoms with Crippen LogP contribution in [0.25, 0.3) is 0 Å². The summed E-state index contributed by atoms with van der Waals surface area (Å²) < 4.78 is 13.6. The van der Waals surface area contributed by atoms with E-state index >= 15 is 0 Å². The summed E-state index contributed by atoms with van der Waals surface area (Å²) in [7, 11) is 0. The molecule has 0 unspecified atom stereocenters. The molecule has 0 heterocycles. The van der Waals surface area contributed by atoms with Crippen molar-refractivity contribution in [1.29, 1.82) is 0 Å². The van der Waals surface area contributed by atoms with E-state index in [1.807, 2.05) is 0 Å². The molecule has 13 heavy (non-hydrogen) atoms. The molecular weight excluding hydrogens is 176 g/mol. The minimum atomic E-state index is -0.758. The van der Waals surface area contributed by atoms with Gasteiger partial charge in [-0.2, -0.15) is 0 Å². The third-order valence-electron chi connectivity index (χ3n) is 1.09. The maximum atomic E-state index is 10.7. The maximum absolute atomic E-state index is 10.7. The molecule has 0 radical (unpaired) electrons. The number of hydrogen-bond acceptors (Lipinski definition) is 5. The van der Waals surface area contributed by atoms with Crippen molar-refractivity contribution >= 4 is 12.1 Å². The zero-order valence-corrected chi connectivity index (χ0v) is 7.87. The highest BCUT2D eigenvalue weighted by atomic mass is 16.7. The minimum Gasteiger partial charge on any atom is -0.466 e. The zero-order chi connectivity index (χ0) is 10.1. The summed E-state index contributed by atoms with van der Waals surface area (Å²) in [6.45, 7) is 3.98. The highest BCUT2D eigenvalue weighted by Crippen LogP contribution is 1.90. The van der Waals surface area contributed by atoms with Crippen molar-refractivity contribution in [3.63, 3.8) is 0 Å². The molecule has 0 aromatic rings. The van der Waals surface area contributed by atoms with E-state index in [0.717, 1.165) is 0 Å². The summed E-state index contributed by atoms with van der Waals surface area (Å²) in [5.74, 6) is -0.383. The number of carbonyl (C=O) groups is 2. The van der Waals surface area contributed by atoms with E-state index in [9.17, 15) is 9.59 Å². The predicted molar refractivity (Wildman–Crippen MR) is 44.2 cm³/mol. The molecule has 5 nitrogen and oxygen atoms in total. The van der Waals surface area contributed by atoms with Crippen LogP contribution in [0.3, 0.4) is 0 Å². The molecule has 76 valence electrons. The Morgan fingerprint density at radius 2 is 1.62 bits per heavy atom. The van der Waals surface area contributed by atoms with Gasteiger partial charge in [-0.1, -0.05) is 0 Å². The Morgan fingerprint density at radius 3 is 2.15 bits per heavy atom. The van der Waals surface area contributed by atoms with Crippen LogP contribution in [-0.4, -0.2) is 31.9 Å². The highest BCUT2D eigenvalue weighted by Gasteiger charge is 2.05. The van der Waals surface area contributed by atoms with E-state index in [2.05, 4.69) is 14.2 Å². The van der Waals surface area contributed by atoms with Gasteiger partial charge in [0.1, 0.15) is 6.61 Å². The SMILES string of the molecule is CCOC(=O)CCOC(=O)OCC. The molecule has 0 aliphatic heterocycles. The molecule has 0 aromatic carbocycles. The molecule has 0 aliphatic rings. The van der Waals surface area contributed by atoms with E-state index in [4.69, 9.17) is 0 Å². The van der Waals surface area contributed by atoms with Crippen LogP contribution in [0.4, 0.5) is 4.79 Å². The van der Waals surface area contributed by atoms with Gasteiger partial charge in [0.05, 0.1) is 19.6 Å². The van der Waals surface area contributed by atoms with E-state index in [-0.39, 0.29) is 25.6 Å². The van der Waals surface area contributed by atoms with Gasteiger partial charge in [-0.15, -0.1) is 0 Å². The van der Waals surface area contributed by atoms with Crippen LogP contribution in [-0.2, 0) is 19.0 Å². The quantitative estimate of drug-likeness (QED) is 0.608. The summed E-state index contributed by atoms with van der Waals surface area (Å²) in [5.41, 5.74) is 0. The van der Waals surface area contributed by atoms with Crippen molar-refractivity contribution in [1.82, 2.24) is 0 Å². The van der Waals surface area contributed by atoms with Crippen molar-refractivity contribution in [3.05, 3.63) is 0 Å². The third kappa shape index (κ3) is 7.11. The standard InChI is InChI=1S/C8H14O5/c1-3-11-7(9)5-6-13-8(10)12-4-2/h3-6H2,1-2H3. The van der Waals surface area contributed by atoms with Crippen molar-refractivity contribution in [2.24, 2.45) is 0 Å². The number of hydrogen-bond donors (Lipinski definition) is 0. The summed E-state index contributed by atoms with van der Waals surface area (Å²) in [5, 5.41) is 0. The van der Waals surface area contributed by atoms with Gasteiger partial charge in [0.15, 0.2) is 0 Å². The molecule has 5 heteroatoms. The normalized spacial score (nSPS) is 9.08. The summed E-state index contributed by atoms with van der Waals surface area (Å²) in [4.78, 5) is 21.3. The molecule has 0 bridgehead atoms. The average Bonchev–Trinajstić information content (AvgIpc) is 2.05. The van der Waals surface area contributed by atoms with Gasteiger partial charge in [0.25, 0.3) is 0 Å². The third-order valence-corrected chi connectivity index (χ3v) is 1.09. The van der Waals surface area contributed by atoms with Gasteiger partial charge >= 0.3 is 12.1 Å². The fourth-order valence-electron chi connectivity index (χ4n) is 0.610. The van der Waals surface area contributed by atoms with Gasteiger partial charge in [-0.25, -0.2) is 4.79 Å². The van der Waals surface area contributed by atoms with Gasteiger partial charge in [0.2, 0.25) is 0 Å². The summed E-state index contributed by atoms with van der Waals surface area (Å²) >= 11 is 0. The topological polar surface area (TPSA) is 61.8 Å². The van der Waals surface area contributed by atoms with Crippen LogP contribution >= 0.6 is 0 Å². The molecule has 0 rings (SSSR count). The fourth-order valence-corrected chi connectivity index (χ4v) is 0.610. The van der Waals surface area contributed by atoms with Crippen molar-refractivity contribution < 1.29 is 23.8 Å². The lowest BCUT2D eigenvalue weighted by Crippen LogP contribution is -2.12.